The minimum Gasteiger partial charge on any atom is -0.294 e. The van der Waals surface area contributed by atoms with Crippen LogP contribution in [0.3, 0.4) is 0 Å². The molecule has 0 radical (unpaired) electrons. The van der Waals surface area contributed by atoms with E-state index in [1.165, 1.54) is 18.2 Å². The van der Waals surface area contributed by atoms with E-state index < -0.39 is 0 Å². The van der Waals surface area contributed by atoms with Crippen molar-refractivity contribution in [2.75, 3.05) is 0 Å². The molecule has 0 aromatic heterocycles. The summed E-state index contributed by atoms with van der Waals surface area (Å²) in [5.74, 6) is 0.442. The zero-order valence-corrected chi connectivity index (χ0v) is 11.5. The van der Waals surface area contributed by atoms with Crippen molar-refractivity contribution < 1.29 is 9.59 Å². The maximum absolute atomic E-state index is 12.3. The fourth-order valence-corrected chi connectivity index (χ4v) is 3.14. The molecular formula is C15H18O2S. The van der Waals surface area contributed by atoms with E-state index in [-0.39, 0.29) is 16.8 Å². The van der Waals surface area contributed by atoms with Gasteiger partial charge in [-0.3, -0.25) is 9.59 Å². The monoisotopic (exact) mass is 262 g/mol. The summed E-state index contributed by atoms with van der Waals surface area (Å²) in [6.45, 7) is 1.54. The molecule has 18 heavy (non-hydrogen) atoms. The zero-order valence-electron chi connectivity index (χ0n) is 10.6. The van der Waals surface area contributed by atoms with E-state index in [4.69, 9.17) is 0 Å². The van der Waals surface area contributed by atoms with Gasteiger partial charge in [0.1, 0.15) is 0 Å². The van der Waals surface area contributed by atoms with Crippen molar-refractivity contribution in [1.82, 2.24) is 0 Å². The van der Waals surface area contributed by atoms with Gasteiger partial charge in [0, 0.05) is 23.3 Å². The second-order valence-corrected chi connectivity index (χ2v) is 6.07. The topological polar surface area (TPSA) is 34.1 Å². The largest absolute Gasteiger partial charge is 0.294 e. The Bertz CT molecular complexity index is 448. The van der Waals surface area contributed by atoms with Gasteiger partial charge >= 0.3 is 0 Å². The van der Waals surface area contributed by atoms with Crippen LogP contribution in [0.25, 0.3) is 0 Å². The lowest BCUT2D eigenvalue weighted by Gasteiger charge is -2.20. The minimum absolute atomic E-state index is 0.0530. The third-order valence-electron chi connectivity index (χ3n) is 3.36. The van der Waals surface area contributed by atoms with Crippen LogP contribution in [0.4, 0.5) is 0 Å². The molecule has 0 aliphatic heterocycles. The molecule has 1 aliphatic carbocycles. The summed E-state index contributed by atoms with van der Waals surface area (Å²) in [5, 5.41) is 0.0530. The van der Waals surface area contributed by atoms with Crippen LogP contribution in [0.15, 0.2) is 29.2 Å². The van der Waals surface area contributed by atoms with Crippen LogP contribution in [-0.4, -0.2) is 10.9 Å². The second-order valence-electron chi connectivity index (χ2n) is 4.82. The molecule has 1 aromatic rings. The number of hydrogen-bond donors (Lipinski definition) is 0. The van der Waals surface area contributed by atoms with Crippen LogP contribution in [0.1, 0.15) is 49.4 Å². The first-order valence-corrected chi connectivity index (χ1v) is 7.31. The van der Waals surface area contributed by atoms with E-state index in [1.54, 1.807) is 6.92 Å². The quantitative estimate of drug-likeness (QED) is 0.608. The van der Waals surface area contributed by atoms with Gasteiger partial charge in [-0.15, -0.1) is 0 Å². The van der Waals surface area contributed by atoms with E-state index in [1.807, 2.05) is 24.3 Å². The molecule has 0 spiro atoms. The summed E-state index contributed by atoms with van der Waals surface area (Å²) in [6.07, 6.45) is 5.62. The van der Waals surface area contributed by atoms with Crippen molar-refractivity contribution in [3.8, 4) is 0 Å². The molecule has 0 unspecified atom stereocenters. The zero-order chi connectivity index (χ0) is 13.0. The second kappa shape index (κ2) is 6.19. The highest BCUT2D eigenvalue weighted by Gasteiger charge is 2.22. The molecule has 0 atom stereocenters. The Kier molecular flexibility index (Phi) is 4.59. The number of thioether (sulfide) groups is 1. The maximum atomic E-state index is 12.3. The molecule has 1 fully saturated rings. The Morgan fingerprint density at radius 2 is 1.89 bits per heavy atom. The molecule has 1 saturated carbocycles. The molecule has 2 nitrogen and oxygen atoms in total. The number of hydrogen-bond acceptors (Lipinski definition) is 3. The fraction of sp³-hybridized carbons (Fsp3) is 0.467. The number of carbonyl (C=O) groups excluding carboxylic acids is 2. The number of benzene rings is 1. The SMILES string of the molecule is CC(=O)Sc1cccc(C(=O)C2CCCCC2)c1. The molecule has 3 heteroatoms. The summed E-state index contributed by atoms with van der Waals surface area (Å²) in [6, 6.07) is 7.45. The average molecular weight is 262 g/mol. The van der Waals surface area contributed by atoms with Gasteiger partial charge < -0.3 is 0 Å². The first kappa shape index (κ1) is 13.3. The maximum Gasteiger partial charge on any atom is 0.190 e. The lowest BCUT2D eigenvalue weighted by atomic mass is 9.84. The lowest BCUT2D eigenvalue weighted by molar-refractivity contribution is -0.109. The predicted molar refractivity (Wildman–Crippen MR) is 73.9 cm³/mol. The normalized spacial score (nSPS) is 16.5. The molecule has 0 N–H and O–H groups in total. The van der Waals surface area contributed by atoms with Gasteiger partial charge in [-0.1, -0.05) is 43.2 Å². The molecular weight excluding hydrogens is 244 g/mol. The van der Waals surface area contributed by atoms with E-state index in [0.717, 1.165) is 36.1 Å². The minimum atomic E-state index is 0.0530. The average Bonchev–Trinajstić information content (AvgIpc) is 2.38. The Morgan fingerprint density at radius 3 is 2.56 bits per heavy atom. The highest BCUT2D eigenvalue weighted by atomic mass is 32.2. The Morgan fingerprint density at radius 1 is 1.17 bits per heavy atom. The van der Waals surface area contributed by atoms with Crippen molar-refractivity contribution >= 4 is 22.7 Å². The number of Topliss-reactive ketones (excluding diaryl/α,β-unsaturated/α-hetero) is 1. The predicted octanol–water partition coefficient (Wildman–Crippen LogP) is 4.09. The molecule has 1 aliphatic rings. The van der Waals surface area contributed by atoms with E-state index in [9.17, 15) is 9.59 Å². The standard InChI is InChI=1S/C15H18O2S/c1-11(16)18-14-9-5-8-13(10-14)15(17)12-6-3-2-4-7-12/h5,8-10,12H,2-4,6-7H2,1H3. The van der Waals surface area contributed by atoms with Crippen molar-refractivity contribution in [2.24, 2.45) is 5.92 Å². The molecule has 0 heterocycles. The van der Waals surface area contributed by atoms with Crippen LogP contribution >= 0.6 is 11.8 Å². The highest BCUT2D eigenvalue weighted by molar-refractivity contribution is 8.13. The van der Waals surface area contributed by atoms with Crippen LogP contribution < -0.4 is 0 Å². The van der Waals surface area contributed by atoms with Gasteiger partial charge in [0.25, 0.3) is 0 Å². The van der Waals surface area contributed by atoms with Crippen LogP contribution in [0.5, 0.6) is 0 Å². The van der Waals surface area contributed by atoms with E-state index in [0.29, 0.717) is 0 Å². The van der Waals surface area contributed by atoms with Crippen molar-refractivity contribution in [1.29, 1.82) is 0 Å². The van der Waals surface area contributed by atoms with Crippen LogP contribution in [0.2, 0.25) is 0 Å². The first-order chi connectivity index (χ1) is 8.66. The first-order valence-electron chi connectivity index (χ1n) is 6.49. The number of carbonyl (C=O) groups is 2. The molecule has 0 saturated heterocycles. The molecule has 0 amide bonds. The summed E-state index contributed by atoms with van der Waals surface area (Å²) in [7, 11) is 0. The van der Waals surface area contributed by atoms with Crippen molar-refractivity contribution in [3.05, 3.63) is 29.8 Å². The summed E-state index contributed by atoms with van der Waals surface area (Å²) >= 11 is 1.19. The third kappa shape index (κ3) is 3.45. The third-order valence-corrected chi connectivity index (χ3v) is 4.13. The molecule has 0 bridgehead atoms. The molecule has 2 rings (SSSR count). The van der Waals surface area contributed by atoms with Gasteiger partial charge in [-0.25, -0.2) is 0 Å². The fourth-order valence-electron chi connectivity index (χ4n) is 2.48. The highest BCUT2D eigenvalue weighted by Crippen LogP contribution is 2.28. The van der Waals surface area contributed by atoms with Gasteiger partial charge in [-0.2, -0.15) is 0 Å². The van der Waals surface area contributed by atoms with E-state index >= 15 is 0 Å². The van der Waals surface area contributed by atoms with Crippen LogP contribution in [0, 0.1) is 5.92 Å². The van der Waals surface area contributed by atoms with Crippen molar-refractivity contribution in [3.63, 3.8) is 0 Å². The van der Waals surface area contributed by atoms with Gasteiger partial charge in [0.05, 0.1) is 0 Å². The van der Waals surface area contributed by atoms with Crippen molar-refractivity contribution in [2.45, 2.75) is 43.9 Å². The lowest BCUT2D eigenvalue weighted by Crippen LogP contribution is -2.17. The summed E-state index contributed by atoms with van der Waals surface area (Å²) < 4.78 is 0. The smallest absolute Gasteiger partial charge is 0.190 e. The van der Waals surface area contributed by atoms with E-state index in [2.05, 4.69) is 0 Å². The van der Waals surface area contributed by atoms with Gasteiger partial charge in [0.2, 0.25) is 0 Å². The Labute approximate surface area is 112 Å². The summed E-state index contributed by atoms with van der Waals surface area (Å²) in [4.78, 5) is 24.3. The van der Waals surface area contributed by atoms with Crippen LogP contribution in [-0.2, 0) is 4.79 Å². The molecule has 1 aromatic carbocycles. The molecule has 96 valence electrons. The number of rotatable bonds is 3. The van der Waals surface area contributed by atoms with Gasteiger partial charge in [0.15, 0.2) is 10.9 Å². The Hall–Kier alpha value is -1.09. The summed E-state index contributed by atoms with van der Waals surface area (Å²) in [5.41, 5.74) is 0.758. The Balaban J connectivity index is 2.11. The van der Waals surface area contributed by atoms with Gasteiger partial charge in [-0.05, 0) is 25.0 Å². The number of ketones is 1.